The number of hydrogen-bond acceptors (Lipinski definition) is 5. The third-order valence-corrected chi connectivity index (χ3v) is 3.32. The Morgan fingerprint density at radius 1 is 1.40 bits per heavy atom. The SMILES string of the molecule is CCOC(=O)c1nn(-c2cccc(SC)c2)ccc1=O. The van der Waals surface area contributed by atoms with Crippen molar-refractivity contribution < 1.29 is 9.53 Å². The molecule has 0 amide bonds. The fraction of sp³-hybridized carbons (Fsp3) is 0.214. The zero-order valence-corrected chi connectivity index (χ0v) is 12.0. The third-order valence-electron chi connectivity index (χ3n) is 2.59. The summed E-state index contributed by atoms with van der Waals surface area (Å²) in [4.78, 5) is 24.4. The average molecular weight is 290 g/mol. The van der Waals surface area contributed by atoms with Crippen molar-refractivity contribution in [3.05, 3.63) is 52.4 Å². The van der Waals surface area contributed by atoms with E-state index in [1.165, 1.54) is 16.9 Å². The fourth-order valence-electron chi connectivity index (χ4n) is 1.65. The number of carbonyl (C=O) groups excluding carboxylic acids is 1. The molecular formula is C14H14N2O3S. The lowest BCUT2D eigenvalue weighted by atomic mass is 10.3. The van der Waals surface area contributed by atoms with Crippen LogP contribution < -0.4 is 5.43 Å². The topological polar surface area (TPSA) is 61.2 Å². The van der Waals surface area contributed by atoms with Crippen molar-refractivity contribution >= 4 is 17.7 Å². The Hall–Kier alpha value is -2.08. The van der Waals surface area contributed by atoms with Gasteiger partial charge in [-0.2, -0.15) is 5.10 Å². The number of aromatic nitrogens is 2. The number of thioether (sulfide) groups is 1. The second kappa shape index (κ2) is 6.38. The van der Waals surface area contributed by atoms with E-state index in [1.54, 1.807) is 18.7 Å². The molecule has 0 atom stereocenters. The summed E-state index contributed by atoms with van der Waals surface area (Å²) in [6, 6.07) is 8.96. The van der Waals surface area contributed by atoms with E-state index in [1.807, 2.05) is 30.5 Å². The summed E-state index contributed by atoms with van der Waals surface area (Å²) in [6.45, 7) is 1.89. The van der Waals surface area contributed by atoms with Gasteiger partial charge in [-0.25, -0.2) is 9.48 Å². The van der Waals surface area contributed by atoms with Gasteiger partial charge in [0.05, 0.1) is 12.3 Å². The van der Waals surface area contributed by atoms with E-state index >= 15 is 0 Å². The van der Waals surface area contributed by atoms with E-state index in [0.717, 1.165) is 10.6 Å². The first kappa shape index (κ1) is 14.3. The first-order chi connectivity index (χ1) is 9.65. The molecule has 0 spiro atoms. The standard InChI is InChI=1S/C14H14N2O3S/c1-3-19-14(18)13-12(17)7-8-16(15-13)10-5-4-6-11(9-10)20-2/h4-9H,3H2,1-2H3. The van der Waals surface area contributed by atoms with Crippen molar-refractivity contribution in [2.45, 2.75) is 11.8 Å². The van der Waals surface area contributed by atoms with Gasteiger partial charge in [0.2, 0.25) is 11.1 Å². The molecule has 0 N–H and O–H groups in total. The zero-order chi connectivity index (χ0) is 14.5. The van der Waals surface area contributed by atoms with Gasteiger partial charge in [-0.1, -0.05) is 6.07 Å². The molecule has 0 saturated carbocycles. The fourth-order valence-corrected chi connectivity index (χ4v) is 2.10. The van der Waals surface area contributed by atoms with Crippen LogP contribution in [0, 0.1) is 0 Å². The monoisotopic (exact) mass is 290 g/mol. The largest absolute Gasteiger partial charge is 0.461 e. The van der Waals surface area contributed by atoms with Gasteiger partial charge in [0.1, 0.15) is 0 Å². The van der Waals surface area contributed by atoms with Crippen LogP contribution in [0.15, 0.2) is 46.2 Å². The normalized spacial score (nSPS) is 10.3. The molecular weight excluding hydrogens is 276 g/mol. The van der Waals surface area contributed by atoms with Crippen LogP contribution in [0.25, 0.3) is 5.69 Å². The summed E-state index contributed by atoms with van der Waals surface area (Å²) in [5.74, 6) is -0.701. The second-order valence-electron chi connectivity index (χ2n) is 3.90. The Balaban J connectivity index is 2.45. The highest BCUT2D eigenvalue weighted by Crippen LogP contribution is 2.17. The van der Waals surface area contributed by atoms with Crippen LogP contribution >= 0.6 is 11.8 Å². The summed E-state index contributed by atoms with van der Waals surface area (Å²) in [7, 11) is 0. The molecule has 2 aromatic rings. The lowest BCUT2D eigenvalue weighted by Crippen LogP contribution is -2.22. The van der Waals surface area contributed by atoms with Crippen molar-refractivity contribution in [3.8, 4) is 5.69 Å². The molecule has 1 aromatic heterocycles. The first-order valence-electron chi connectivity index (χ1n) is 6.07. The highest BCUT2D eigenvalue weighted by Gasteiger charge is 2.14. The maximum absolute atomic E-state index is 11.7. The van der Waals surface area contributed by atoms with Gasteiger partial charge in [-0.05, 0) is 31.4 Å². The van der Waals surface area contributed by atoms with E-state index in [0.29, 0.717) is 0 Å². The van der Waals surface area contributed by atoms with E-state index in [9.17, 15) is 9.59 Å². The Kier molecular flexibility index (Phi) is 4.57. The van der Waals surface area contributed by atoms with Gasteiger partial charge in [-0.15, -0.1) is 11.8 Å². The minimum Gasteiger partial charge on any atom is -0.461 e. The molecule has 0 aliphatic carbocycles. The summed E-state index contributed by atoms with van der Waals surface area (Å²) < 4.78 is 6.32. The molecule has 20 heavy (non-hydrogen) atoms. The number of nitrogens with zero attached hydrogens (tertiary/aromatic N) is 2. The van der Waals surface area contributed by atoms with Crippen molar-refractivity contribution in [2.75, 3.05) is 12.9 Å². The maximum atomic E-state index is 11.7. The molecule has 104 valence electrons. The Morgan fingerprint density at radius 2 is 2.20 bits per heavy atom. The van der Waals surface area contributed by atoms with Crippen molar-refractivity contribution in [2.24, 2.45) is 0 Å². The first-order valence-corrected chi connectivity index (χ1v) is 7.29. The molecule has 2 rings (SSSR count). The van der Waals surface area contributed by atoms with Crippen LogP contribution in [0.1, 0.15) is 17.4 Å². The van der Waals surface area contributed by atoms with Gasteiger partial charge in [0.15, 0.2) is 0 Å². The quantitative estimate of drug-likeness (QED) is 0.637. The minimum absolute atomic E-state index is 0.205. The number of benzene rings is 1. The van der Waals surface area contributed by atoms with Gasteiger partial charge in [-0.3, -0.25) is 4.79 Å². The summed E-state index contributed by atoms with van der Waals surface area (Å²) in [6.07, 6.45) is 3.51. The number of carbonyl (C=O) groups is 1. The van der Waals surface area contributed by atoms with Crippen LogP contribution in [0.4, 0.5) is 0 Å². The van der Waals surface area contributed by atoms with Crippen LogP contribution in [-0.2, 0) is 4.74 Å². The molecule has 1 heterocycles. The van der Waals surface area contributed by atoms with Crippen LogP contribution in [0.2, 0.25) is 0 Å². The van der Waals surface area contributed by atoms with Crippen molar-refractivity contribution in [1.29, 1.82) is 0 Å². The van der Waals surface area contributed by atoms with Crippen molar-refractivity contribution in [3.63, 3.8) is 0 Å². The van der Waals surface area contributed by atoms with Gasteiger partial charge in [0.25, 0.3) is 0 Å². The summed E-state index contributed by atoms with van der Waals surface area (Å²) in [5, 5.41) is 4.06. The predicted octanol–water partition coefficient (Wildman–Crippen LogP) is 2.13. The maximum Gasteiger partial charge on any atom is 0.362 e. The van der Waals surface area contributed by atoms with E-state index in [-0.39, 0.29) is 12.3 Å². The highest BCUT2D eigenvalue weighted by molar-refractivity contribution is 7.98. The smallest absolute Gasteiger partial charge is 0.362 e. The Bertz CT molecular complexity index is 682. The van der Waals surface area contributed by atoms with Gasteiger partial charge < -0.3 is 4.74 Å². The van der Waals surface area contributed by atoms with E-state index in [2.05, 4.69) is 5.10 Å². The molecule has 0 fully saturated rings. The van der Waals surface area contributed by atoms with Gasteiger partial charge >= 0.3 is 5.97 Å². The molecule has 0 bridgehead atoms. The number of ether oxygens (including phenoxy) is 1. The minimum atomic E-state index is -0.701. The average Bonchev–Trinajstić information content (AvgIpc) is 2.48. The van der Waals surface area contributed by atoms with Crippen LogP contribution in [-0.4, -0.2) is 28.6 Å². The van der Waals surface area contributed by atoms with Crippen LogP contribution in [0.3, 0.4) is 0 Å². The molecule has 5 nitrogen and oxygen atoms in total. The lowest BCUT2D eigenvalue weighted by molar-refractivity contribution is 0.0515. The molecule has 0 aliphatic rings. The summed E-state index contributed by atoms with van der Waals surface area (Å²) >= 11 is 1.60. The Morgan fingerprint density at radius 3 is 2.90 bits per heavy atom. The predicted molar refractivity (Wildman–Crippen MR) is 77.6 cm³/mol. The van der Waals surface area contributed by atoms with E-state index < -0.39 is 11.4 Å². The molecule has 0 radical (unpaired) electrons. The van der Waals surface area contributed by atoms with Gasteiger partial charge in [0, 0.05) is 17.2 Å². The van der Waals surface area contributed by atoms with Crippen LogP contribution in [0.5, 0.6) is 0 Å². The third kappa shape index (κ3) is 3.08. The molecule has 6 heteroatoms. The van der Waals surface area contributed by atoms with E-state index in [4.69, 9.17) is 4.74 Å². The number of rotatable bonds is 4. The second-order valence-corrected chi connectivity index (χ2v) is 4.77. The number of esters is 1. The molecule has 0 unspecified atom stereocenters. The zero-order valence-electron chi connectivity index (χ0n) is 11.2. The highest BCUT2D eigenvalue weighted by atomic mass is 32.2. The molecule has 0 aliphatic heterocycles. The van der Waals surface area contributed by atoms with Crippen molar-refractivity contribution in [1.82, 2.24) is 9.78 Å². The molecule has 0 saturated heterocycles. The summed E-state index contributed by atoms with van der Waals surface area (Å²) in [5.41, 5.74) is 0.132. The Labute approximate surface area is 120 Å². The lowest BCUT2D eigenvalue weighted by Gasteiger charge is -2.08. The molecule has 1 aromatic carbocycles. The number of hydrogen-bond donors (Lipinski definition) is 0.